The van der Waals surface area contributed by atoms with Crippen LogP contribution in [0.1, 0.15) is 42.8 Å². The predicted octanol–water partition coefficient (Wildman–Crippen LogP) is 4.57. The van der Waals surface area contributed by atoms with Gasteiger partial charge in [-0.3, -0.25) is 0 Å². The van der Waals surface area contributed by atoms with Crippen LogP contribution in [0.3, 0.4) is 0 Å². The highest BCUT2D eigenvalue weighted by Crippen LogP contribution is 2.23. The van der Waals surface area contributed by atoms with E-state index in [9.17, 15) is 5.11 Å². The van der Waals surface area contributed by atoms with Crippen LogP contribution in [0, 0.1) is 13.8 Å². The fourth-order valence-corrected chi connectivity index (χ4v) is 3.20. The van der Waals surface area contributed by atoms with Gasteiger partial charge in [0.1, 0.15) is 17.7 Å². The summed E-state index contributed by atoms with van der Waals surface area (Å²) in [4.78, 5) is 4.62. The number of benzene rings is 2. The quantitative estimate of drug-likeness (QED) is 0.642. The minimum absolute atomic E-state index is 0.534. The number of aryl methyl sites for hydroxylation is 3. The molecule has 0 saturated carbocycles. The molecule has 0 bridgehead atoms. The first-order valence-corrected chi connectivity index (χ1v) is 8.93. The lowest BCUT2D eigenvalue weighted by Gasteiger charge is -2.13. The lowest BCUT2D eigenvalue weighted by atomic mass is 10.1. The van der Waals surface area contributed by atoms with E-state index in [2.05, 4.69) is 47.7 Å². The molecule has 2 aromatic carbocycles. The summed E-state index contributed by atoms with van der Waals surface area (Å²) >= 11 is 0. The molecule has 1 atom stereocenters. The lowest BCUT2D eigenvalue weighted by Crippen LogP contribution is -2.11. The number of ether oxygens (including phenoxy) is 1. The Labute approximate surface area is 149 Å². The van der Waals surface area contributed by atoms with Crippen molar-refractivity contribution in [3.8, 4) is 5.75 Å². The molecule has 0 aliphatic rings. The van der Waals surface area contributed by atoms with Gasteiger partial charge in [-0.15, -0.1) is 0 Å². The van der Waals surface area contributed by atoms with E-state index in [1.807, 2.05) is 25.1 Å². The topological polar surface area (TPSA) is 47.3 Å². The number of aliphatic hydroxyl groups excluding tert-OH is 1. The lowest BCUT2D eigenvalue weighted by molar-refractivity contribution is 0.158. The third kappa shape index (κ3) is 4.02. The van der Waals surface area contributed by atoms with Gasteiger partial charge >= 0.3 is 0 Å². The maximum Gasteiger partial charge on any atom is 0.138 e. The second-order valence-corrected chi connectivity index (χ2v) is 6.56. The Bertz CT molecular complexity index is 834. The summed E-state index contributed by atoms with van der Waals surface area (Å²) in [6, 6.07) is 14.3. The number of rotatable bonds is 7. The maximum atomic E-state index is 10.3. The summed E-state index contributed by atoms with van der Waals surface area (Å²) in [5.74, 6) is 1.66. The molecular weight excluding hydrogens is 312 g/mol. The van der Waals surface area contributed by atoms with Gasteiger partial charge in [-0.25, -0.2) is 4.98 Å². The molecule has 3 aromatic rings. The normalized spacial score (nSPS) is 12.5. The zero-order valence-corrected chi connectivity index (χ0v) is 15.2. The summed E-state index contributed by atoms with van der Waals surface area (Å²) in [6.07, 6.45) is 0.979. The first-order chi connectivity index (χ1) is 12.1. The molecule has 0 unspecified atom stereocenters. The molecular formula is C21H26N2O2. The van der Waals surface area contributed by atoms with Crippen molar-refractivity contribution in [2.75, 3.05) is 6.61 Å². The second-order valence-electron chi connectivity index (χ2n) is 6.56. The third-order valence-corrected chi connectivity index (χ3v) is 4.36. The summed E-state index contributed by atoms with van der Waals surface area (Å²) in [5, 5.41) is 10.3. The molecule has 1 aromatic heterocycles. The number of aliphatic hydroxyl groups is 1. The second kappa shape index (κ2) is 7.70. The molecule has 0 fully saturated rings. The number of para-hydroxylation sites is 2. The van der Waals surface area contributed by atoms with Gasteiger partial charge < -0.3 is 14.4 Å². The molecule has 1 N–H and O–H groups in total. The molecule has 3 rings (SSSR count). The molecule has 0 saturated heterocycles. The smallest absolute Gasteiger partial charge is 0.138 e. The largest absolute Gasteiger partial charge is 0.494 e. The first-order valence-electron chi connectivity index (χ1n) is 8.93. The Balaban J connectivity index is 1.70. The molecule has 25 heavy (non-hydrogen) atoms. The first kappa shape index (κ1) is 17.5. The third-order valence-electron chi connectivity index (χ3n) is 4.36. The van der Waals surface area contributed by atoms with Crippen molar-refractivity contribution < 1.29 is 9.84 Å². The van der Waals surface area contributed by atoms with Crippen LogP contribution < -0.4 is 4.74 Å². The minimum Gasteiger partial charge on any atom is -0.494 e. The van der Waals surface area contributed by atoms with E-state index in [0.717, 1.165) is 35.6 Å². The molecule has 0 amide bonds. The van der Waals surface area contributed by atoms with E-state index in [0.29, 0.717) is 13.0 Å². The standard InChI is InChI=1S/C21H26N2O2/c1-4-20(24)21-22-18-8-5-6-9-19(18)23(21)10-7-11-25-17-13-15(2)12-16(3)14-17/h5-6,8-9,12-14,20,24H,4,7,10-11H2,1-3H3/t20-/m0/s1. The average molecular weight is 338 g/mol. The zero-order valence-electron chi connectivity index (χ0n) is 15.2. The molecule has 132 valence electrons. The average Bonchev–Trinajstić information content (AvgIpc) is 2.96. The number of imidazole rings is 1. The van der Waals surface area contributed by atoms with E-state index in [4.69, 9.17) is 4.74 Å². The zero-order chi connectivity index (χ0) is 17.8. The van der Waals surface area contributed by atoms with E-state index in [-0.39, 0.29) is 0 Å². The Hall–Kier alpha value is -2.33. The Morgan fingerprint density at radius 3 is 2.56 bits per heavy atom. The molecule has 4 heteroatoms. The summed E-state index contributed by atoms with van der Waals surface area (Å²) < 4.78 is 8.03. The van der Waals surface area contributed by atoms with Crippen LogP contribution in [0.2, 0.25) is 0 Å². The van der Waals surface area contributed by atoms with E-state index in [1.54, 1.807) is 0 Å². The summed E-state index contributed by atoms with van der Waals surface area (Å²) in [7, 11) is 0. The number of nitrogens with zero attached hydrogens (tertiary/aromatic N) is 2. The van der Waals surface area contributed by atoms with Crippen molar-refractivity contribution in [2.45, 2.75) is 46.3 Å². The molecule has 0 aliphatic heterocycles. The van der Waals surface area contributed by atoms with Crippen LogP contribution in [0.4, 0.5) is 0 Å². The van der Waals surface area contributed by atoms with Crippen molar-refractivity contribution in [3.05, 3.63) is 59.4 Å². The molecule has 1 heterocycles. The van der Waals surface area contributed by atoms with E-state index < -0.39 is 6.10 Å². The van der Waals surface area contributed by atoms with E-state index >= 15 is 0 Å². The van der Waals surface area contributed by atoms with Gasteiger partial charge in [0.2, 0.25) is 0 Å². The fourth-order valence-electron chi connectivity index (χ4n) is 3.20. The van der Waals surface area contributed by atoms with Crippen LogP contribution in [0.25, 0.3) is 11.0 Å². The van der Waals surface area contributed by atoms with Gasteiger partial charge in [0.25, 0.3) is 0 Å². The molecule has 0 aliphatic carbocycles. The minimum atomic E-state index is -0.534. The van der Waals surface area contributed by atoms with Crippen molar-refractivity contribution in [1.82, 2.24) is 9.55 Å². The molecule has 0 radical (unpaired) electrons. The van der Waals surface area contributed by atoms with Crippen molar-refractivity contribution in [3.63, 3.8) is 0 Å². The highest BCUT2D eigenvalue weighted by atomic mass is 16.5. The SMILES string of the molecule is CC[C@H](O)c1nc2ccccc2n1CCCOc1cc(C)cc(C)c1. The van der Waals surface area contributed by atoms with Crippen molar-refractivity contribution in [2.24, 2.45) is 0 Å². The van der Waals surface area contributed by atoms with Crippen LogP contribution >= 0.6 is 0 Å². The Morgan fingerprint density at radius 1 is 1.12 bits per heavy atom. The van der Waals surface area contributed by atoms with Gasteiger partial charge in [0, 0.05) is 6.54 Å². The fraction of sp³-hybridized carbons (Fsp3) is 0.381. The van der Waals surface area contributed by atoms with Crippen LogP contribution in [0.5, 0.6) is 5.75 Å². The van der Waals surface area contributed by atoms with Crippen molar-refractivity contribution >= 4 is 11.0 Å². The monoisotopic (exact) mass is 338 g/mol. The predicted molar refractivity (Wildman–Crippen MR) is 101 cm³/mol. The highest BCUT2D eigenvalue weighted by molar-refractivity contribution is 5.76. The Morgan fingerprint density at radius 2 is 1.84 bits per heavy atom. The summed E-state index contributed by atoms with van der Waals surface area (Å²) in [5.41, 5.74) is 4.42. The molecule has 0 spiro atoms. The number of hydrogen-bond donors (Lipinski definition) is 1. The van der Waals surface area contributed by atoms with Crippen LogP contribution in [-0.2, 0) is 6.54 Å². The number of fused-ring (bicyclic) bond motifs is 1. The van der Waals surface area contributed by atoms with Gasteiger partial charge in [0.05, 0.1) is 17.6 Å². The van der Waals surface area contributed by atoms with Crippen LogP contribution in [-0.4, -0.2) is 21.3 Å². The van der Waals surface area contributed by atoms with Gasteiger partial charge in [0.15, 0.2) is 0 Å². The van der Waals surface area contributed by atoms with Gasteiger partial charge in [-0.05, 0) is 62.1 Å². The van der Waals surface area contributed by atoms with Crippen LogP contribution in [0.15, 0.2) is 42.5 Å². The van der Waals surface area contributed by atoms with Crippen molar-refractivity contribution in [1.29, 1.82) is 0 Å². The van der Waals surface area contributed by atoms with Gasteiger partial charge in [-0.1, -0.05) is 25.1 Å². The molecule has 4 nitrogen and oxygen atoms in total. The summed E-state index contributed by atoms with van der Waals surface area (Å²) in [6.45, 7) is 7.54. The Kier molecular flexibility index (Phi) is 5.39. The highest BCUT2D eigenvalue weighted by Gasteiger charge is 2.16. The number of aromatic nitrogens is 2. The number of hydrogen-bond acceptors (Lipinski definition) is 3. The van der Waals surface area contributed by atoms with E-state index in [1.165, 1.54) is 11.1 Å². The maximum absolute atomic E-state index is 10.3. The van der Waals surface area contributed by atoms with Gasteiger partial charge in [-0.2, -0.15) is 0 Å².